The van der Waals surface area contributed by atoms with Crippen LogP contribution in [-0.4, -0.2) is 52.3 Å². The number of nitrogens with one attached hydrogen (secondary N) is 1. The van der Waals surface area contributed by atoms with E-state index < -0.39 is 0 Å². The number of nitrogens with zero attached hydrogens (tertiary/aromatic N) is 4. The van der Waals surface area contributed by atoms with Crippen LogP contribution >= 0.6 is 0 Å². The largest absolute Gasteiger partial charge is 0.369 e. The van der Waals surface area contributed by atoms with Gasteiger partial charge in [0.2, 0.25) is 0 Å². The molecule has 3 aromatic rings. The zero-order valence-electron chi connectivity index (χ0n) is 11.6. The molecule has 7 nitrogen and oxygen atoms in total. The van der Waals surface area contributed by atoms with Crippen molar-refractivity contribution in [1.29, 1.82) is 0 Å². The van der Waals surface area contributed by atoms with Gasteiger partial charge in [-0.2, -0.15) is 0 Å². The van der Waals surface area contributed by atoms with E-state index in [1.54, 1.807) is 12.5 Å². The molecule has 4 rings (SSSR count). The predicted octanol–water partition coefficient (Wildman–Crippen LogP) is -0.0468. The van der Waals surface area contributed by atoms with Crippen LogP contribution in [0.25, 0.3) is 21.9 Å². The average molecular weight is 285 g/mol. The number of quaternary nitrogens is 1. The minimum atomic E-state index is 0.163. The molecular weight excluding hydrogens is 268 g/mol. The summed E-state index contributed by atoms with van der Waals surface area (Å²) in [6, 6.07) is 2.00. The molecule has 0 saturated carbocycles. The number of aromatic nitrogens is 4. The molecule has 0 aliphatic carbocycles. The highest BCUT2D eigenvalue weighted by molar-refractivity contribution is 6.10. The van der Waals surface area contributed by atoms with Crippen molar-refractivity contribution < 1.29 is 10.5 Å². The Kier molecular flexibility index (Phi) is 2.94. The highest BCUT2D eigenvalue weighted by Gasteiger charge is 2.24. The SMILES string of the molecule is [NH3+]C[C@@H]1CN(c2ncnc3[nH]c4cnccc4c23)CCO1. The van der Waals surface area contributed by atoms with Crippen LogP contribution in [0.2, 0.25) is 0 Å². The predicted molar refractivity (Wildman–Crippen MR) is 78.9 cm³/mol. The maximum absolute atomic E-state index is 5.69. The summed E-state index contributed by atoms with van der Waals surface area (Å²) in [5, 5.41) is 2.16. The smallest absolute Gasteiger partial charge is 0.143 e. The number of morpholine rings is 1. The maximum atomic E-state index is 5.69. The zero-order chi connectivity index (χ0) is 14.2. The van der Waals surface area contributed by atoms with E-state index in [2.05, 4.69) is 30.6 Å². The number of hydrogen-bond donors (Lipinski definition) is 2. The Labute approximate surface area is 121 Å². The Morgan fingerprint density at radius 2 is 2.38 bits per heavy atom. The number of hydrogen-bond acceptors (Lipinski definition) is 5. The molecular formula is C14H17N6O+. The molecule has 0 aromatic carbocycles. The third-order valence-electron chi connectivity index (χ3n) is 3.93. The lowest BCUT2D eigenvalue weighted by atomic mass is 10.2. The summed E-state index contributed by atoms with van der Waals surface area (Å²) in [5.74, 6) is 0.958. The van der Waals surface area contributed by atoms with E-state index in [1.165, 1.54) is 0 Å². The molecule has 0 spiro atoms. The van der Waals surface area contributed by atoms with Gasteiger partial charge in [0.05, 0.1) is 30.3 Å². The number of fused-ring (bicyclic) bond motifs is 3. The van der Waals surface area contributed by atoms with Gasteiger partial charge in [0.15, 0.2) is 0 Å². The van der Waals surface area contributed by atoms with Crippen molar-refractivity contribution in [2.24, 2.45) is 0 Å². The highest BCUT2D eigenvalue weighted by atomic mass is 16.5. The Morgan fingerprint density at radius 1 is 1.43 bits per heavy atom. The second kappa shape index (κ2) is 4.94. The van der Waals surface area contributed by atoms with Crippen LogP contribution in [0.15, 0.2) is 24.8 Å². The monoisotopic (exact) mass is 285 g/mol. The van der Waals surface area contributed by atoms with Gasteiger partial charge in [-0.15, -0.1) is 0 Å². The van der Waals surface area contributed by atoms with Gasteiger partial charge in [-0.1, -0.05) is 0 Å². The summed E-state index contributed by atoms with van der Waals surface area (Å²) in [6.07, 6.45) is 5.38. The van der Waals surface area contributed by atoms with Crippen LogP contribution in [0.5, 0.6) is 0 Å². The summed E-state index contributed by atoms with van der Waals surface area (Å²) >= 11 is 0. The van der Waals surface area contributed by atoms with Crippen molar-refractivity contribution in [2.45, 2.75) is 6.10 Å². The molecule has 0 amide bonds. The molecule has 4 heterocycles. The molecule has 0 radical (unpaired) electrons. The lowest BCUT2D eigenvalue weighted by Gasteiger charge is -2.32. The molecule has 7 heteroatoms. The number of anilines is 1. The van der Waals surface area contributed by atoms with Gasteiger partial charge in [-0.25, -0.2) is 9.97 Å². The summed E-state index contributed by atoms with van der Waals surface area (Å²) in [5.41, 5.74) is 5.77. The fraction of sp³-hybridized carbons (Fsp3) is 0.357. The van der Waals surface area contributed by atoms with Gasteiger partial charge in [0.25, 0.3) is 0 Å². The van der Waals surface area contributed by atoms with Crippen LogP contribution in [0.1, 0.15) is 0 Å². The minimum Gasteiger partial charge on any atom is -0.369 e. The highest BCUT2D eigenvalue weighted by Crippen LogP contribution is 2.31. The summed E-state index contributed by atoms with van der Waals surface area (Å²) in [6.45, 7) is 3.12. The lowest BCUT2D eigenvalue weighted by Crippen LogP contribution is -2.60. The first-order valence-corrected chi connectivity index (χ1v) is 7.09. The topological polar surface area (TPSA) is 94.6 Å². The summed E-state index contributed by atoms with van der Waals surface area (Å²) in [4.78, 5) is 18.6. The van der Waals surface area contributed by atoms with Crippen molar-refractivity contribution in [3.8, 4) is 0 Å². The zero-order valence-corrected chi connectivity index (χ0v) is 11.6. The molecule has 1 aliphatic rings. The van der Waals surface area contributed by atoms with Crippen LogP contribution in [0.3, 0.4) is 0 Å². The standard InChI is InChI=1S/C14H16N6O/c15-5-9-7-20(3-4-21-9)14-12-10-1-2-16-6-11(10)19-13(12)17-8-18-14/h1-2,6,8-9H,3-5,7,15H2,(H,17,18,19)/p+1/t9-/m1/s1. The van der Waals surface area contributed by atoms with Gasteiger partial charge in [-0.05, 0) is 6.07 Å². The van der Waals surface area contributed by atoms with Crippen molar-refractivity contribution in [2.75, 3.05) is 31.1 Å². The van der Waals surface area contributed by atoms with Gasteiger partial charge in [-0.3, -0.25) is 4.98 Å². The molecule has 1 saturated heterocycles. The minimum absolute atomic E-state index is 0.163. The average Bonchev–Trinajstić information content (AvgIpc) is 2.93. The normalized spacial score (nSPS) is 19.5. The van der Waals surface area contributed by atoms with E-state index in [0.717, 1.165) is 47.4 Å². The fourth-order valence-electron chi connectivity index (χ4n) is 2.88. The maximum Gasteiger partial charge on any atom is 0.143 e. The number of aromatic amines is 1. The van der Waals surface area contributed by atoms with Gasteiger partial charge < -0.3 is 20.4 Å². The molecule has 21 heavy (non-hydrogen) atoms. The molecule has 108 valence electrons. The van der Waals surface area contributed by atoms with E-state index in [4.69, 9.17) is 4.74 Å². The van der Waals surface area contributed by atoms with Crippen LogP contribution in [-0.2, 0) is 4.74 Å². The lowest BCUT2D eigenvalue weighted by molar-refractivity contribution is -0.386. The van der Waals surface area contributed by atoms with Gasteiger partial charge >= 0.3 is 0 Å². The van der Waals surface area contributed by atoms with Gasteiger partial charge in [0.1, 0.15) is 30.4 Å². The van der Waals surface area contributed by atoms with E-state index in [-0.39, 0.29) is 6.10 Å². The Morgan fingerprint density at radius 3 is 3.29 bits per heavy atom. The van der Waals surface area contributed by atoms with Crippen LogP contribution in [0.4, 0.5) is 5.82 Å². The number of H-pyrrole nitrogens is 1. The number of pyridine rings is 1. The molecule has 1 fully saturated rings. The first-order chi connectivity index (χ1) is 10.4. The number of ether oxygens (including phenoxy) is 1. The molecule has 3 aromatic heterocycles. The van der Waals surface area contributed by atoms with Crippen molar-refractivity contribution in [3.63, 3.8) is 0 Å². The molecule has 0 unspecified atom stereocenters. The van der Waals surface area contributed by atoms with E-state index >= 15 is 0 Å². The molecule has 4 N–H and O–H groups in total. The Hall–Kier alpha value is -2.25. The quantitative estimate of drug-likeness (QED) is 0.688. The molecule has 1 atom stereocenters. The Bertz CT molecular complexity index is 785. The summed E-state index contributed by atoms with van der Waals surface area (Å²) < 4.78 is 5.69. The first kappa shape index (κ1) is 12.5. The van der Waals surface area contributed by atoms with Crippen LogP contribution in [0, 0.1) is 0 Å². The first-order valence-electron chi connectivity index (χ1n) is 7.09. The molecule has 0 bridgehead atoms. The second-order valence-electron chi connectivity index (χ2n) is 5.19. The summed E-state index contributed by atoms with van der Waals surface area (Å²) in [7, 11) is 0. The third-order valence-corrected chi connectivity index (χ3v) is 3.93. The fourth-order valence-corrected chi connectivity index (χ4v) is 2.88. The number of rotatable bonds is 2. The molecule has 1 aliphatic heterocycles. The van der Waals surface area contributed by atoms with Gasteiger partial charge in [0, 0.05) is 18.1 Å². The van der Waals surface area contributed by atoms with Crippen molar-refractivity contribution in [3.05, 3.63) is 24.8 Å². The van der Waals surface area contributed by atoms with E-state index in [9.17, 15) is 0 Å². The van der Waals surface area contributed by atoms with E-state index in [1.807, 2.05) is 12.3 Å². The van der Waals surface area contributed by atoms with Crippen molar-refractivity contribution in [1.82, 2.24) is 19.9 Å². The Balaban J connectivity index is 1.88. The van der Waals surface area contributed by atoms with Crippen molar-refractivity contribution >= 4 is 27.8 Å². The van der Waals surface area contributed by atoms with Crippen LogP contribution < -0.4 is 10.6 Å². The third kappa shape index (κ3) is 2.01. The second-order valence-corrected chi connectivity index (χ2v) is 5.19. The van der Waals surface area contributed by atoms with E-state index in [0.29, 0.717) is 6.61 Å².